The summed E-state index contributed by atoms with van der Waals surface area (Å²) < 4.78 is 0. The Kier molecular flexibility index (Phi) is 16.4. The van der Waals surface area contributed by atoms with Crippen LogP contribution in [0.1, 0.15) is 84.0 Å². The maximum atomic E-state index is 11.2. The molecule has 1 amide bonds. The lowest BCUT2D eigenvalue weighted by Gasteiger charge is -2.10. The quantitative estimate of drug-likeness (QED) is 0.314. The molecule has 0 aromatic carbocycles. The van der Waals surface area contributed by atoms with Crippen LogP contribution in [0.15, 0.2) is 24.3 Å². The van der Waals surface area contributed by atoms with Crippen molar-refractivity contribution in [3.63, 3.8) is 0 Å². The monoisotopic (exact) mass is 323 g/mol. The van der Waals surface area contributed by atoms with E-state index in [1.54, 1.807) is 0 Å². The van der Waals surface area contributed by atoms with Gasteiger partial charge in [-0.3, -0.25) is 4.79 Å². The van der Waals surface area contributed by atoms with Crippen LogP contribution in [-0.2, 0) is 4.79 Å². The van der Waals surface area contributed by atoms with Gasteiger partial charge in [0.25, 0.3) is 0 Å². The first-order valence-electron chi connectivity index (χ1n) is 9.42. The highest BCUT2D eigenvalue weighted by Crippen LogP contribution is 2.14. The molecule has 0 aromatic rings. The van der Waals surface area contributed by atoms with Crippen molar-refractivity contribution in [1.82, 2.24) is 0 Å². The van der Waals surface area contributed by atoms with Crippen LogP contribution in [0.3, 0.4) is 0 Å². The summed E-state index contributed by atoms with van der Waals surface area (Å²) >= 11 is 0. The molecular weight excluding hydrogens is 286 g/mol. The van der Waals surface area contributed by atoms with Crippen LogP contribution in [0.25, 0.3) is 0 Å². The Morgan fingerprint density at radius 3 is 2.09 bits per heavy atom. The minimum absolute atomic E-state index is 0.0471. The number of hydrogen-bond acceptors (Lipinski definition) is 2. The highest BCUT2D eigenvalue weighted by molar-refractivity contribution is 5.76. The molecule has 0 radical (unpaired) electrons. The van der Waals surface area contributed by atoms with Crippen LogP contribution < -0.4 is 5.73 Å². The number of rotatable bonds is 16. The molecule has 0 aliphatic carbocycles. The molecule has 3 heteroatoms. The van der Waals surface area contributed by atoms with Gasteiger partial charge in [0.05, 0.1) is 0 Å². The summed E-state index contributed by atoms with van der Waals surface area (Å²) in [6.07, 6.45) is 22.3. The van der Waals surface area contributed by atoms with Gasteiger partial charge in [-0.2, -0.15) is 0 Å². The summed E-state index contributed by atoms with van der Waals surface area (Å²) in [5, 5.41) is 8.88. The minimum Gasteiger partial charge on any atom is -0.396 e. The molecule has 3 nitrogen and oxygen atoms in total. The van der Waals surface area contributed by atoms with E-state index in [2.05, 4.69) is 31.2 Å². The van der Waals surface area contributed by atoms with Gasteiger partial charge in [-0.25, -0.2) is 0 Å². The molecule has 3 N–H and O–H groups in total. The van der Waals surface area contributed by atoms with Crippen LogP contribution in [0.4, 0.5) is 0 Å². The Labute approximate surface area is 143 Å². The standard InChI is InChI=1S/C20H37NO2/c1-2-3-4-5-6-7-8-9-10-11-12-13-14-15-16-19(17-18-22)20(21)23/h6-7,9-10,19,22H,2-5,8,11-18H2,1H3,(H2,21,23)/b7-6-,10-9-. The topological polar surface area (TPSA) is 63.3 Å². The van der Waals surface area contributed by atoms with Gasteiger partial charge in [0, 0.05) is 12.5 Å². The van der Waals surface area contributed by atoms with Crippen LogP contribution in [0.5, 0.6) is 0 Å². The average Bonchev–Trinajstić information content (AvgIpc) is 2.54. The first kappa shape index (κ1) is 21.9. The summed E-state index contributed by atoms with van der Waals surface area (Å²) in [5.41, 5.74) is 5.31. The second kappa shape index (κ2) is 17.3. The largest absolute Gasteiger partial charge is 0.396 e. The van der Waals surface area contributed by atoms with E-state index >= 15 is 0 Å². The Morgan fingerprint density at radius 1 is 0.913 bits per heavy atom. The molecule has 0 saturated heterocycles. The van der Waals surface area contributed by atoms with E-state index in [1.165, 1.54) is 38.5 Å². The zero-order valence-electron chi connectivity index (χ0n) is 15.0. The second-order valence-electron chi connectivity index (χ2n) is 6.28. The van der Waals surface area contributed by atoms with Crippen molar-refractivity contribution in [3.05, 3.63) is 24.3 Å². The zero-order valence-corrected chi connectivity index (χ0v) is 15.0. The molecule has 0 bridgehead atoms. The van der Waals surface area contributed by atoms with E-state index in [4.69, 9.17) is 10.8 Å². The summed E-state index contributed by atoms with van der Waals surface area (Å²) in [4.78, 5) is 11.2. The van der Waals surface area contributed by atoms with E-state index in [0.29, 0.717) is 6.42 Å². The van der Waals surface area contributed by atoms with Crippen molar-refractivity contribution in [1.29, 1.82) is 0 Å². The molecule has 1 unspecified atom stereocenters. The lowest BCUT2D eigenvalue weighted by atomic mass is 9.97. The lowest BCUT2D eigenvalue weighted by molar-refractivity contribution is -0.122. The molecule has 0 saturated carbocycles. The fourth-order valence-corrected chi connectivity index (χ4v) is 2.61. The minimum atomic E-state index is -0.273. The summed E-state index contributed by atoms with van der Waals surface area (Å²) in [6.45, 7) is 2.28. The van der Waals surface area contributed by atoms with Gasteiger partial charge in [-0.05, 0) is 44.9 Å². The lowest BCUT2D eigenvalue weighted by Crippen LogP contribution is -2.24. The predicted octanol–water partition coefficient (Wildman–Crippen LogP) is 4.89. The van der Waals surface area contributed by atoms with E-state index in [1.807, 2.05) is 0 Å². The van der Waals surface area contributed by atoms with Gasteiger partial charge in [-0.1, -0.05) is 63.3 Å². The number of aliphatic hydroxyl groups is 1. The molecule has 0 aliphatic rings. The van der Waals surface area contributed by atoms with Crippen LogP contribution in [0.2, 0.25) is 0 Å². The summed E-state index contributed by atoms with van der Waals surface area (Å²) in [6, 6.07) is 0. The summed E-state index contributed by atoms with van der Waals surface area (Å²) in [5.74, 6) is -0.422. The number of nitrogens with two attached hydrogens (primary N) is 1. The number of carbonyl (C=O) groups excluding carboxylic acids is 1. The maximum Gasteiger partial charge on any atom is 0.220 e. The Morgan fingerprint density at radius 2 is 1.52 bits per heavy atom. The van der Waals surface area contributed by atoms with Crippen molar-refractivity contribution in [2.24, 2.45) is 11.7 Å². The third kappa shape index (κ3) is 15.6. The third-order valence-corrected chi connectivity index (χ3v) is 4.13. The maximum absolute atomic E-state index is 11.2. The Bertz CT molecular complexity index is 324. The van der Waals surface area contributed by atoms with Crippen LogP contribution in [0, 0.1) is 5.92 Å². The Hall–Kier alpha value is -1.09. The highest BCUT2D eigenvalue weighted by atomic mass is 16.3. The molecule has 0 heterocycles. The molecule has 134 valence electrons. The van der Waals surface area contributed by atoms with Gasteiger partial charge < -0.3 is 10.8 Å². The van der Waals surface area contributed by atoms with Gasteiger partial charge in [0.1, 0.15) is 0 Å². The first-order valence-corrected chi connectivity index (χ1v) is 9.42. The van der Waals surface area contributed by atoms with E-state index in [-0.39, 0.29) is 18.4 Å². The van der Waals surface area contributed by atoms with Gasteiger partial charge in [-0.15, -0.1) is 0 Å². The molecule has 0 aromatic heterocycles. The first-order chi connectivity index (χ1) is 11.2. The Balaban J connectivity index is 3.41. The summed E-state index contributed by atoms with van der Waals surface area (Å²) in [7, 11) is 0. The molecule has 1 atom stereocenters. The smallest absolute Gasteiger partial charge is 0.220 e. The van der Waals surface area contributed by atoms with Crippen molar-refractivity contribution in [2.75, 3.05) is 6.61 Å². The van der Waals surface area contributed by atoms with Crippen molar-refractivity contribution in [2.45, 2.75) is 84.0 Å². The number of aliphatic hydroxyl groups excluding tert-OH is 1. The normalized spacial score (nSPS) is 13.1. The van der Waals surface area contributed by atoms with E-state index < -0.39 is 0 Å². The molecule has 0 spiro atoms. The van der Waals surface area contributed by atoms with Crippen LogP contribution >= 0.6 is 0 Å². The van der Waals surface area contributed by atoms with E-state index in [0.717, 1.165) is 32.1 Å². The molecule has 0 fully saturated rings. The number of hydrogen-bond donors (Lipinski definition) is 2. The third-order valence-electron chi connectivity index (χ3n) is 4.13. The average molecular weight is 324 g/mol. The zero-order chi connectivity index (χ0) is 17.2. The molecule has 23 heavy (non-hydrogen) atoms. The number of amides is 1. The molecular formula is C20H37NO2. The number of allylic oxidation sites excluding steroid dienone is 4. The van der Waals surface area contributed by atoms with Gasteiger partial charge in [0.2, 0.25) is 5.91 Å². The van der Waals surface area contributed by atoms with Gasteiger partial charge >= 0.3 is 0 Å². The fraction of sp³-hybridized carbons (Fsp3) is 0.750. The SMILES string of the molecule is CCCCC/C=C\C/C=C\CCCCCCC(CCO)C(N)=O. The second-order valence-corrected chi connectivity index (χ2v) is 6.28. The highest BCUT2D eigenvalue weighted by Gasteiger charge is 2.13. The van der Waals surface area contributed by atoms with Crippen LogP contribution in [-0.4, -0.2) is 17.6 Å². The van der Waals surface area contributed by atoms with Gasteiger partial charge in [0.15, 0.2) is 0 Å². The number of carbonyl (C=O) groups is 1. The van der Waals surface area contributed by atoms with Crippen molar-refractivity contribution >= 4 is 5.91 Å². The predicted molar refractivity (Wildman–Crippen MR) is 99.1 cm³/mol. The number of unbranched alkanes of at least 4 members (excludes halogenated alkanes) is 7. The van der Waals surface area contributed by atoms with Crippen molar-refractivity contribution in [3.8, 4) is 0 Å². The van der Waals surface area contributed by atoms with Crippen molar-refractivity contribution < 1.29 is 9.90 Å². The number of primary amides is 1. The molecule has 0 rings (SSSR count). The molecule has 0 aliphatic heterocycles. The van der Waals surface area contributed by atoms with E-state index in [9.17, 15) is 4.79 Å². The fourth-order valence-electron chi connectivity index (χ4n) is 2.61.